The van der Waals surface area contributed by atoms with Crippen molar-refractivity contribution in [2.24, 2.45) is 34.5 Å². The summed E-state index contributed by atoms with van der Waals surface area (Å²) < 4.78 is 0. The van der Waals surface area contributed by atoms with Crippen molar-refractivity contribution in [1.82, 2.24) is 5.32 Å². The van der Waals surface area contributed by atoms with Crippen molar-refractivity contribution in [3.05, 3.63) is 0 Å². The minimum Gasteiger partial charge on any atom is -0.356 e. The molecular weight excluding hydrogens is 286 g/mol. The highest BCUT2D eigenvalue weighted by molar-refractivity contribution is 5.87. The lowest BCUT2D eigenvalue weighted by Gasteiger charge is -2.58. The number of hydrogen-bond acceptors (Lipinski definition) is 2. The Morgan fingerprint density at radius 2 is 1.83 bits per heavy atom. The zero-order valence-electron chi connectivity index (χ0n) is 14.7. The van der Waals surface area contributed by atoms with Crippen molar-refractivity contribution >= 4 is 11.7 Å². The molecule has 1 aliphatic heterocycles. The van der Waals surface area contributed by atoms with Gasteiger partial charge in [0.15, 0.2) is 0 Å². The highest BCUT2D eigenvalue weighted by atomic mass is 16.1. The summed E-state index contributed by atoms with van der Waals surface area (Å²) in [5, 5.41) is 3.07. The predicted octanol–water partition coefficient (Wildman–Crippen LogP) is 3.71. The van der Waals surface area contributed by atoms with Gasteiger partial charge >= 0.3 is 0 Å². The lowest BCUT2D eigenvalue weighted by atomic mass is 9.46. The molecule has 0 aromatic heterocycles. The molecule has 1 unspecified atom stereocenters. The van der Waals surface area contributed by atoms with Crippen molar-refractivity contribution in [2.75, 3.05) is 6.54 Å². The smallest absolute Gasteiger partial charge is 0.220 e. The van der Waals surface area contributed by atoms with Crippen LogP contribution in [0, 0.1) is 34.5 Å². The lowest BCUT2D eigenvalue weighted by Crippen LogP contribution is -2.53. The first-order valence-electron chi connectivity index (χ1n) is 9.75. The molecule has 128 valence electrons. The van der Waals surface area contributed by atoms with E-state index in [1.807, 2.05) is 0 Å². The molecule has 0 radical (unpaired) electrons. The van der Waals surface area contributed by atoms with Crippen molar-refractivity contribution in [3.8, 4) is 0 Å². The molecule has 0 spiro atoms. The molecule has 1 N–H and O–H groups in total. The van der Waals surface area contributed by atoms with E-state index in [2.05, 4.69) is 19.2 Å². The number of amides is 1. The van der Waals surface area contributed by atoms with Crippen LogP contribution in [0.2, 0.25) is 0 Å². The molecule has 1 amide bonds. The number of Topliss-reactive ketones (excluding diaryl/α,β-unsaturated/α-hetero) is 1. The third-order valence-electron chi connectivity index (χ3n) is 8.42. The Kier molecular flexibility index (Phi) is 3.62. The molecule has 23 heavy (non-hydrogen) atoms. The molecule has 3 saturated carbocycles. The van der Waals surface area contributed by atoms with Gasteiger partial charge in [-0.3, -0.25) is 9.59 Å². The van der Waals surface area contributed by atoms with Gasteiger partial charge in [0, 0.05) is 24.8 Å². The summed E-state index contributed by atoms with van der Waals surface area (Å²) in [7, 11) is 0. The standard InChI is InChI=1S/C20H31NO2/c1-19-9-3-11-21-18(23)12-13(19)4-5-14-15-6-7-17(22)20(15,2)10-8-16(14)19/h13-16H,3-12H2,1-2H3,(H,21,23)/t13-,14-,15-,16?,19-,20-/m0/s1. The number of carbonyl (C=O) groups excluding carboxylic acids is 2. The fourth-order valence-corrected chi connectivity index (χ4v) is 7.02. The minimum absolute atomic E-state index is 0.0244. The quantitative estimate of drug-likeness (QED) is 0.740. The number of fused-ring (bicyclic) bond motifs is 5. The third kappa shape index (κ3) is 2.21. The Morgan fingerprint density at radius 3 is 2.65 bits per heavy atom. The molecule has 4 rings (SSSR count). The average Bonchev–Trinajstić information content (AvgIpc) is 2.81. The zero-order chi connectivity index (χ0) is 16.2. The van der Waals surface area contributed by atoms with Crippen LogP contribution in [0.5, 0.6) is 0 Å². The van der Waals surface area contributed by atoms with Crippen LogP contribution >= 0.6 is 0 Å². The SMILES string of the molecule is C[C@]12CCC3[C@@H](CC[C@H]4CC(=O)NCCC[C@]34C)[C@@H]1CCC2=O. The molecular formula is C20H31NO2. The van der Waals surface area contributed by atoms with Gasteiger partial charge in [-0.2, -0.15) is 0 Å². The van der Waals surface area contributed by atoms with Gasteiger partial charge in [0.1, 0.15) is 5.78 Å². The van der Waals surface area contributed by atoms with Crippen LogP contribution in [-0.4, -0.2) is 18.2 Å². The van der Waals surface area contributed by atoms with E-state index < -0.39 is 0 Å². The molecule has 6 atom stereocenters. The van der Waals surface area contributed by atoms with E-state index >= 15 is 0 Å². The second-order valence-corrected chi connectivity index (χ2v) is 9.23. The first-order chi connectivity index (χ1) is 10.9. The zero-order valence-corrected chi connectivity index (χ0v) is 14.7. The van der Waals surface area contributed by atoms with Gasteiger partial charge in [-0.25, -0.2) is 0 Å². The number of hydrogen-bond donors (Lipinski definition) is 1. The summed E-state index contributed by atoms with van der Waals surface area (Å²) in [5.41, 5.74) is 0.289. The van der Waals surface area contributed by atoms with Crippen LogP contribution in [0.4, 0.5) is 0 Å². The number of ketones is 1. The predicted molar refractivity (Wildman–Crippen MR) is 89.7 cm³/mol. The monoisotopic (exact) mass is 317 g/mol. The molecule has 4 aliphatic rings. The van der Waals surface area contributed by atoms with E-state index in [-0.39, 0.29) is 11.3 Å². The van der Waals surface area contributed by atoms with Gasteiger partial charge in [-0.05, 0) is 74.0 Å². The summed E-state index contributed by atoms with van der Waals surface area (Å²) in [4.78, 5) is 24.6. The summed E-state index contributed by atoms with van der Waals surface area (Å²) in [5.74, 6) is 3.41. The van der Waals surface area contributed by atoms with E-state index in [0.717, 1.165) is 50.5 Å². The van der Waals surface area contributed by atoms with Crippen molar-refractivity contribution in [1.29, 1.82) is 0 Å². The molecule has 0 bridgehead atoms. The lowest BCUT2D eigenvalue weighted by molar-refractivity contribution is -0.140. The molecule has 3 aliphatic carbocycles. The maximum absolute atomic E-state index is 12.5. The summed E-state index contributed by atoms with van der Waals surface area (Å²) in [6.07, 6.45) is 9.74. The highest BCUT2D eigenvalue weighted by Crippen LogP contribution is 2.64. The fraction of sp³-hybridized carbons (Fsp3) is 0.900. The molecule has 4 fully saturated rings. The minimum atomic E-state index is -0.0244. The Hall–Kier alpha value is -0.860. The number of carbonyl (C=O) groups is 2. The second-order valence-electron chi connectivity index (χ2n) is 9.23. The van der Waals surface area contributed by atoms with Crippen LogP contribution in [0.1, 0.15) is 71.6 Å². The van der Waals surface area contributed by atoms with E-state index in [0.29, 0.717) is 23.0 Å². The summed E-state index contributed by atoms with van der Waals surface area (Å²) >= 11 is 0. The van der Waals surface area contributed by atoms with Crippen LogP contribution in [0.25, 0.3) is 0 Å². The Bertz CT molecular complexity index is 530. The largest absolute Gasteiger partial charge is 0.356 e. The van der Waals surface area contributed by atoms with Crippen molar-refractivity contribution < 1.29 is 9.59 Å². The van der Waals surface area contributed by atoms with E-state index in [1.165, 1.54) is 25.7 Å². The third-order valence-corrected chi connectivity index (χ3v) is 8.42. The van der Waals surface area contributed by atoms with Crippen molar-refractivity contribution in [2.45, 2.75) is 71.6 Å². The van der Waals surface area contributed by atoms with E-state index in [4.69, 9.17) is 0 Å². The van der Waals surface area contributed by atoms with Gasteiger partial charge in [0.05, 0.1) is 0 Å². The first-order valence-corrected chi connectivity index (χ1v) is 9.75. The maximum Gasteiger partial charge on any atom is 0.220 e. The fourth-order valence-electron chi connectivity index (χ4n) is 7.02. The number of rotatable bonds is 0. The normalized spacial score (nSPS) is 50.2. The van der Waals surface area contributed by atoms with Gasteiger partial charge < -0.3 is 5.32 Å². The summed E-state index contributed by atoms with van der Waals surface area (Å²) in [6.45, 7) is 5.58. The van der Waals surface area contributed by atoms with Gasteiger partial charge in [-0.1, -0.05) is 13.8 Å². The average molecular weight is 317 g/mol. The van der Waals surface area contributed by atoms with Gasteiger partial charge in [0.25, 0.3) is 0 Å². The maximum atomic E-state index is 12.5. The number of nitrogens with one attached hydrogen (secondary N) is 1. The Balaban J connectivity index is 1.64. The molecule has 0 aromatic rings. The summed E-state index contributed by atoms with van der Waals surface area (Å²) in [6, 6.07) is 0. The van der Waals surface area contributed by atoms with Crippen LogP contribution in [0.3, 0.4) is 0 Å². The van der Waals surface area contributed by atoms with Crippen molar-refractivity contribution in [3.63, 3.8) is 0 Å². The molecule has 3 heteroatoms. The van der Waals surface area contributed by atoms with Gasteiger partial charge in [-0.15, -0.1) is 0 Å². The van der Waals surface area contributed by atoms with Crippen LogP contribution < -0.4 is 5.32 Å². The molecule has 1 saturated heterocycles. The van der Waals surface area contributed by atoms with Gasteiger partial charge in [0.2, 0.25) is 5.91 Å². The molecule has 0 aromatic carbocycles. The topological polar surface area (TPSA) is 46.2 Å². The van der Waals surface area contributed by atoms with Crippen LogP contribution in [0.15, 0.2) is 0 Å². The molecule has 1 heterocycles. The Labute approximate surface area is 140 Å². The van der Waals surface area contributed by atoms with E-state index in [9.17, 15) is 9.59 Å². The Morgan fingerprint density at radius 1 is 1.00 bits per heavy atom. The highest BCUT2D eigenvalue weighted by Gasteiger charge is 2.59. The molecule has 3 nitrogen and oxygen atoms in total. The first kappa shape index (κ1) is 15.7. The van der Waals surface area contributed by atoms with Crippen LogP contribution in [-0.2, 0) is 9.59 Å². The second kappa shape index (κ2) is 5.32. The van der Waals surface area contributed by atoms with E-state index in [1.54, 1.807) is 0 Å².